The van der Waals surface area contributed by atoms with Gasteiger partial charge in [0.05, 0.1) is 12.3 Å². The predicted octanol–water partition coefficient (Wildman–Crippen LogP) is 2.83. The lowest BCUT2D eigenvalue weighted by Crippen LogP contribution is -2.29. The summed E-state index contributed by atoms with van der Waals surface area (Å²) in [5.74, 6) is 0.103. The maximum Gasteiger partial charge on any atom is 0.232 e. The Labute approximate surface area is 139 Å². The molecule has 0 saturated heterocycles. The molecule has 0 unspecified atom stereocenters. The van der Waals surface area contributed by atoms with Gasteiger partial charge in [0.15, 0.2) is 5.78 Å². The third-order valence-corrected chi connectivity index (χ3v) is 4.29. The van der Waals surface area contributed by atoms with Crippen LogP contribution in [0.1, 0.15) is 44.0 Å². The van der Waals surface area contributed by atoms with Gasteiger partial charge in [-0.25, -0.2) is 8.42 Å². The van der Waals surface area contributed by atoms with Crippen LogP contribution in [0.5, 0.6) is 0 Å². The first kappa shape index (κ1) is 20.9. The van der Waals surface area contributed by atoms with Crippen molar-refractivity contribution in [3.8, 4) is 0 Å². The number of benzene rings is 1. The van der Waals surface area contributed by atoms with Crippen LogP contribution >= 0.6 is 12.4 Å². The van der Waals surface area contributed by atoms with Crippen molar-refractivity contribution in [2.45, 2.75) is 39.7 Å². The van der Waals surface area contributed by atoms with E-state index in [0.717, 1.165) is 6.42 Å². The Kier molecular flexibility index (Phi) is 9.32. The van der Waals surface area contributed by atoms with Crippen LogP contribution in [-0.4, -0.2) is 32.5 Å². The highest BCUT2D eigenvalue weighted by atomic mass is 35.5. The van der Waals surface area contributed by atoms with Gasteiger partial charge in [0.2, 0.25) is 10.0 Å². The molecule has 0 atom stereocenters. The number of rotatable bonds is 9. The number of ketones is 1. The molecule has 5 nitrogen and oxygen atoms in total. The quantitative estimate of drug-likeness (QED) is 0.673. The van der Waals surface area contributed by atoms with Gasteiger partial charge in [-0.1, -0.05) is 27.2 Å². The van der Waals surface area contributed by atoms with Crippen LogP contribution in [0.3, 0.4) is 0 Å². The number of nitrogens with one attached hydrogen (secondary N) is 2. The van der Waals surface area contributed by atoms with Crippen LogP contribution in [0.4, 0.5) is 5.69 Å². The molecular weight excluding hydrogens is 324 g/mol. The zero-order chi connectivity index (χ0) is 15.9. The molecule has 0 aliphatic rings. The topological polar surface area (TPSA) is 75.3 Å². The van der Waals surface area contributed by atoms with Crippen LogP contribution < -0.4 is 10.0 Å². The summed E-state index contributed by atoms with van der Waals surface area (Å²) >= 11 is 0. The van der Waals surface area contributed by atoms with Crippen molar-refractivity contribution < 1.29 is 13.2 Å². The van der Waals surface area contributed by atoms with E-state index in [0.29, 0.717) is 17.7 Å². The average molecular weight is 349 g/mol. The second-order valence-corrected chi connectivity index (χ2v) is 7.15. The average Bonchev–Trinajstić information content (AvgIpc) is 2.43. The summed E-state index contributed by atoms with van der Waals surface area (Å²) in [7, 11) is -3.30. The van der Waals surface area contributed by atoms with Crippen molar-refractivity contribution in [3.05, 3.63) is 29.8 Å². The smallest absolute Gasteiger partial charge is 0.232 e. The Morgan fingerprint density at radius 1 is 1.18 bits per heavy atom. The molecule has 0 bridgehead atoms. The monoisotopic (exact) mass is 348 g/mol. The van der Waals surface area contributed by atoms with E-state index in [1.165, 1.54) is 0 Å². The maximum absolute atomic E-state index is 11.9. The number of sulfonamides is 1. The molecule has 2 N–H and O–H groups in total. The first-order valence-corrected chi connectivity index (χ1v) is 8.86. The normalized spacial score (nSPS) is 11.1. The summed E-state index contributed by atoms with van der Waals surface area (Å²) in [6, 6.07) is 6.76. The van der Waals surface area contributed by atoms with Crippen LogP contribution in [0, 0.1) is 0 Å². The fraction of sp³-hybridized carbons (Fsp3) is 0.533. The number of halogens is 1. The summed E-state index contributed by atoms with van der Waals surface area (Å²) < 4.78 is 26.0. The second-order valence-electron chi connectivity index (χ2n) is 5.31. The molecule has 0 aromatic heterocycles. The van der Waals surface area contributed by atoms with Gasteiger partial charge in [0, 0.05) is 17.3 Å². The van der Waals surface area contributed by atoms with Gasteiger partial charge in [0.25, 0.3) is 0 Å². The van der Waals surface area contributed by atoms with Gasteiger partial charge in [-0.3, -0.25) is 9.52 Å². The number of anilines is 1. The summed E-state index contributed by atoms with van der Waals surface area (Å²) in [6.45, 7) is 6.17. The van der Waals surface area contributed by atoms with E-state index in [1.54, 1.807) is 24.3 Å². The molecule has 0 fully saturated rings. The molecule has 0 aliphatic carbocycles. The van der Waals surface area contributed by atoms with Gasteiger partial charge >= 0.3 is 0 Å². The predicted molar refractivity (Wildman–Crippen MR) is 93.5 cm³/mol. The molecule has 7 heteroatoms. The summed E-state index contributed by atoms with van der Waals surface area (Å²) in [5, 5.41) is 3.06. The Morgan fingerprint density at radius 3 is 2.27 bits per heavy atom. The number of carbonyl (C=O) groups excluding carboxylic acids is 1. The minimum atomic E-state index is -3.30. The van der Waals surface area contributed by atoms with Crippen molar-refractivity contribution in [2.24, 2.45) is 0 Å². The molecule has 1 aromatic rings. The fourth-order valence-corrected chi connectivity index (χ4v) is 2.95. The molecule has 1 rings (SSSR count). The van der Waals surface area contributed by atoms with Crippen LogP contribution in [-0.2, 0) is 10.0 Å². The molecule has 0 spiro atoms. The standard InChI is InChI=1S/C15H24N2O3S.ClH/c1-4-5-10-21(19,20)17-14-8-6-13(7-9-14)15(18)11-16-12(2)3;/h6-9,12,16-17H,4-5,10-11H2,1-3H3;1H. The molecule has 0 amide bonds. The minimum absolute atomic E-state index is 0. The number of carbonyl (C=O) groups is 1. The SMILES string of the molecule is CCCCS(=O)(=O)Nc1ccc(C(=O)CNC(C)C)cc1.Cl. The van der Waals surface area contributed by atoms with Gasteiger partial charge in [-0.2, -0.15) is 0 Å². The summed E-state index contributed by atoms with van der Waals surface area (Å²) in [6.07, 6.45) is 1.46. The molecule has 1 aromatic carbocycles. The number of hydrogen-bond acceptors (Lipinski definition) is 4. The van der Waals surface area contributed by atoms with Gasteiger partial charge in [-0.15, -0.1) is 12.4 Å². The van der Waals surface area contributed by atoms with Crippen molar-refractivity contribution in [3.63, 3.8) is 0 Å². The van der Waals surface area contributed by atoms with E-state index in [-0.39, 0.29) is 36.5 Å². The zero-order valence-electron chi connectivity index (χ0n) is 13.3. The van der Waals surface area contributed by atoms with E-state index in [1.807, 2.05) is 20.8 Å². The first-order valence-electron chi connectivity index (χ1n) is 7.21. The number of Topliss-reactive ketones (excluding diaryl/α,β-unsaturated/α-hetero) is 1. The van der Waals surface area contributed by atoms with E-state index in [2.05, 4.69) is 10.0 Å². The lowest BCUT2D eigenvalue weighted by atomic mass is 10.1. The highest BCUT2D eigenvalue weighted by molar-refractivity contribution is 7.92. The van der Waals surface area contributed by atoms with Crippen molar-refractivity contribution in [2.75, 3.05) is 17.0 Å². The zero-order valence-corrected chi connectivity index (χ0v) is 14.9. The maximum atomic E-state index is 11.9. The molecule has 22 heavy (non-hydrogen) atoms. The fourth-order valence-electron chi connectivity index (χ4n) is 1.69. The Morgan fingerprint density at radius 2 is 1.77 bits per heavy atom. The number of hydrogen-bond donors (Lipinski definition) is 2. The van der Waals surface area contributed by atoms with Crippen LogP contribution in [0.2, 0.25) is 0 Å². The minimum Gasteiger partial charge on any atom is -0.307 e. The highest BCUT2D eigenvalue weighted by Crippen LogP contribution is 2.12. The van der Waals surface area contributed by atoms with E-state index >= 15 is 0 Å². The van der Waals surface area contributed by atoms with Crippen molar-refractivity contribution >= 4 is 33.9 Å². The van der Waals surface area contributed by atoms with Crippen LogP contribution in [0.15, 0.2) is 24.3 Å². The van der Waals surface area contributed by atoms with E-state index < -0.39 is 10.0 Å². The van der Waals surface area contributed by atoms with Crippen molar-refractivity contribution in [1.29, 1.82) is 0 Å². The molecule has 0 saturated carbocycles. The van der Waals surface area contributed by atoms with Gasteiger partial charge < -0.3 is 5.32 Å². The summed E-state index contributed by atoms with van der Waals surface area (Å²) in [4.78, 5) is 11.9. The lowest BCUT2D eigenvalue weighted by Gasteiger charge is -2.09. The van der Waals surface area contributed by atoms with Gasteiger partial charge in [-0.05, 0) is 30.7 Å². The number of unbranched alkanes of at least 4 members (excludes halogenated alkanes) is 1. The Bertz CT molecular complexity index is 557. The molecule has 126 valence electrons. The Balaban J connectivity index is 0.00000441. The molecule has 0 aliphatic heterocycles. The molecule has 0 heterocycles. The third-order valence-electron chi connectivity index (χ3n) is 2.92. The van der Waals surface area contributed by atoms with E-state index in [9.17, 15) is 13.2 Å². The Hall–Kier alpha value is -1.11. The first-order chi connectivity index (χ1) is 9.84. The second kappa shape index (κ2) is 9.82. The largest absolute Gasteiger partial charge is 0.307 e. The lowest BCUT2D eigenvalue weighted by molar-refractivity contribution is 0.0988. The summed E-state index contributed by atoms with van der Waals surface area (Å²) in [5.41, 5.74) is 1.05. The third kappa shape index (κ3) is 7.77. The van der Waals surface area contributed by atoms with Gasteiger partial charge in [0.1, 0.15) is 0 Å². The van der Waals surface area contributed by atoms with Crippen molar-refractivity contribution in [1.82, 2.24) is 5.32 Å². The van der Waals surface area contributed by atoms with E-state index in [4.69, 9.17) is 0 Å². The van der Waals surface area contributed by atoms with Crippen LogP contribution in [0.25, 0.3) is 0 Å². The highest BCUT2D eigenvalue weighted by Gasteiger charge is 2.10. The molecular formula is C15H25ClN2O3S. The molecule has 0 radical (unpaired) electrons.